The molecule has 1 fully saturated rings. The lowest BCUT2D eigenvalue weighted by molar-refractivity contribution is 0.355. The maximum Gasteiger partial charge on any atom is 0.279 e. The normalized spacial score (nSPS) is 18.1. The van der Waals surface area contributed by atoms with Crippen molar-refractivity contribution < 1.29 is 8.42 Å². The zero-order valence-electron chi connectivity index (χ0n) is 8.73. The molecule has 0 unspecified atom stereocenters. The highest BCUT2D eigenvalue weighted by molar-refractivity contribution is 7.87. The second-order valence-corrected chi connectivity index (χ2v) is 5.55. The smallest absolute Gasteiger partial charge is 0.279 e. The third kappa shape index (κ3) is 3.20. The van der Waals surface area contributed by atoms with E-state index in [4.69, 9.17) is 5.73 Å². The topological polar surface area (TPSA) is 75.4 Å². The molecule has 0 atom stereocenters. The fraction of sp³-hybridized carbons (Fsp3) is 1.00. The molecular weight excluding hydrogens is 202 g/mol. The van der Waals surface area contributed by atoms with Crippen LogP contribution in [0.5, 0.6) is 0 Å². The quantitative estimate of drug-likeness (QED) is 0.644. The van der Waals surface area contributed by atoms with Crippen LogP contribution < -0.4 is 10.5 Å². The number of nitrogens with two attached hydrogens (primary N) is 1. The maximum absolute atomic E-state index is 11.8. The van der Waals surface area contributed by atoms with Gasteiger partial charge in [0.05, 0.1) is 0 Å². The van der Waals surface area contributed by atoms with Crippen LogP contribution in [0.15, 0.2) is 0 Å². The van der Waals surface area contributed by atoms with Crippen molar-refractivity contribution in [1.82, 2.24) is 9.03 Å². The minimum atomic E-state index is -3.32. The van der Waals surface area contributed by atoms with Crippen LogP contribution >= 0.6 is 0 Å². The first-order valence-electron chi connectivity index (χ1n) is 4.96. The standard InChI is InChI=1S/C8H19N3O2S/c1-7(2)11(6-5-9)14(12,13)10-8-3-4-8/h7-8,10H,3-6,9H2,1-2H3. The van der Waals surface area contributed by atoms with Gasteiger partial charge in [-0.05, 0) is 26.7 Å². The molecule has 1 aliphatic rings. The zero-order valence-corrected chi connectivity index (χ0v) is 9.55. The molecule has 3 N–H and O–H groups in total. The van der Waals surface area contributed by atoms with Crippen LogP contribution in [0.3, 0.4) is 0 Å². The average molecular weight is 221 g/mol. The van der Waals surface area contributed by atoms with Crippen molar-refractivity contribution in [3.8, 4) is 0 Å². The molecule has 0 aromatic heterocycles. The van der Waals surface area contributed by atoms with Crippen LogP contribution in [0.2, 0.25) is 0 Å². The van der Waals surface area contributed by atoms with Gasteiger partial charge in [0.15, 0.2) is 0 Å². The number of nitrogens with one attached hydrogen (secondary N) is 1. The van der Waals surface area contributed by atoms with Gasteiger partial charge in [-0.1, -0.05) is 0 Å². The summed E-state index contributed by atoms with van der Waals surface area (Å²) in [6.45, 7) is 4.42. The minimum absolute atomic E-state index is 0.0465. The van der Waals surface area contributed by atoms with Crippen LogP contribution in [-0.4, -0.2) is 37.9 Å². The molecule has 1 aliphatic carbocycles. The van der Waals surface area contributed by atoms with Gasteiger partial charge in [0.25, 0.3) is 10.2 Å². The van der Waals surface area contributed by atoms with Crippen LogP contribution in [0, 0.1) is 0 Å². The van der Waals surface area contributed by atoms with E-state index in [0.717, 1.165) is 12.8 Å². The molecule has 0 aromatic rings. The Morgan fingerprint density at radius 1 is 1.50 bits per heavy atom. The molecule has 0 aliphatic heterocycles. The van der Waals surface area contributed by atoms with Gasteiger partial charge in [-0.3, -0.25) is 0 Å². The molecule has 0 spiro atoms. The van der Waals surface area contributed by atoms with Crippen LogP contribution in [0.25, 0.3) is 0 Å². The van der Waals surface area contributed by atoms with Crippen molar-refractivity contribution >= 4 is 10.2 Å². The van der Waals surface area contributed by atoms with E-state index in [1.54, 1.807) is 0 Å². The highest BCUT2D eigenvalue weighted by Crippen LogP contribution is 2.21. The maximum atomic E-state index is 11.8. The highest BCUT2D eigenvalue weighted by atomic mass is 32.2. The summed E-state index contributed by atoms with van der Waals surface area (Å²) in [7, 11) is -3.32. The van der Waals surface area contributed by atoms with E-state index in [9.17, 15) is 8.42 Å². The Kier molecular flexibility index (Phi) is 3.88. The van der Waals surface area contributed by atoms with E-state index < -0.39 is 10.2 Å². The Bertz CT molecular complexity index is 272. The summed E-state index contributed by atoms with van der Waals surface area (Å²) >= 11 is 0. The van der Waals surface area contributed by atoms with Gasteiger partial charge in [-0.2, -0.15) is 17.4 Å². The molecule has 0 aromatic carbocycles. The zero-order chi connectivity index (χ0) is 10.8. The lowest BCUT2D eigenvalue weighted by Crippen LogP contribution is -2.47. The highest BCUT2D eigenvalue weighted by Gasteiger charge is 2.31. The van der Waals surface area contributed by atoms with Crippen molar-refractivity contribution in [3.63, 3.8) is 0 Å². The van der Waals surface area contributed by atoms with Gasteiger partial charge in [0.2, 0.25) is 0 Å². The van der Waals surface area contributed by atoms with Gasteiger partial charge in [-0.15, -0.1) is 0 Å². The summed E-state index contributed by atoms with van der Waals surface area (Å²) in [5, 5.41) is 0. The molecule has 1 saturated carbocycles. The summed E-state index contributed by atoms with van der Waals surface area (Å²) in [5.74, 6) is 0. The van der Waals surface area contributed by atoms with E-state index in [1.807, 2.05) is 13.8 Å². The van der Waals surface area contributed by atoms with Crippen molar-refractivity contribution in [1.29, 1.82) is 0 Å². The third-order valence-corrected chi connectivity index (χ3v) is 3.98. The number of hydrogen-bond donors (Lipinski definition) is 2. The average Bonchev–Trinajstić information content (AvgIpc) is 2.82. The van der Waals surface area contributed by atoms with Crippen molar-refractivity contribution in [2.75, 3.05) is 13.1 Å². The van der Waals surface area contributed by atoms with E-state index in [2.05, 4.69) is 4.72 Å². The first kappa shape index (κ1) is 11.9. The Morgan fingerprint density at radius 3 is 2.43 bits per heavy atom. The van der Waals surface area contributed by atoms with E-state index in [-0.39, 0.29) is 12.1 Å². The molecule has 14 heavy (non-hydrogen) atoms. The van der Waals surface area contributed by atoms with E-state index >= 15 is 0 Å². The molecule has 5 nitrogen and oxygen atoms in total. The second-order valence-electron chi connectivity index (χ2n) is 3.89. The molecule has 0 heterocycles. The molecule has 0 radical (unpaired) electrons. The molecule has 0 bridgehead atoms. The van der Waals surface area contributed by atoms with Gasteiger partial charge in [-0.25, -0.2) is 0 Å². The second kappa shape index (κ2) is 4.57. The number of rotatable bonds is 6. The largest absolute Gasteiger partial charge is 0.329 e. The Morgan fingerprint density at radius 2 is 2.07 bits per heavy atom. The molecule has 0 amide bonds. The molecule has 0 saturated heterocycles. The SMILES string of the molecule is CC(C)N(CCN)S(=O)(=O)NC1CC1. The van der Waals surface area contributed by atoms with E-state index in [0.29, 0.717) is 13.1 Å². The van der Waals surface area contributed by atoms with E-state index in [1.165, 1.54) is 4.31 Å². The molecule has 1 rings (SSSR count). The molecular formula is C8H19N3O2S. The monoisotopic (exact) mass is 221 g/mol. The predicted molar refractivity (Wildman–Crippen MR) is 56.0 cm³/mol. The lowest BCUT2D eigenvalue weighted by Gasteiger charge is -2.25. The van der Waals surface area contributed by atoms with Crippen LogP contribution in [0.1, 0.15) is 26.7 Å². The van der Waals surface area contributed by atoms with Crippen LogP contribution in [0.4, 0.5) is 0 Å². The van der Waals surface area contributed by atoms with Gasteiger partial charge >= 0.3 is 0 Å². The summed E-state index contributed by atoms with van der Waals surface area (Å²) in [6.07, 6.45) is 1.90. The first-order chi connectivity index (χ1) is 6.47. The Balaban J connectivity index is 2.63. The van der Waals surface area contributed by atoms with Crippen molar-refractivity contribution in [3.05, 3.63) is 0 Å². The fourth-order valence-corrected chi connectivity index (χ4v) is 2.96. The van der Waals surface area contributed by atoms with Crippen molar-refractivity contribution in [2.45, 2.75) is 38.8 Å². The van der Waals surface area contributed by atoms with Gasteiger partial charge in [0, 0.05) is 25.2 Å². The fourth-order valence-electron chi connectivity index (χ4n) is 1.26. The minimum Gasteiger partial charge on any atom is -0.329 e. The summed E-state index contributed by atoms with van der Waals surface area (Å²) in [4.78, 5) is 0. The summed E-state index contributed by atoms with van der Waals surface area (Å²) in [6, 6.07) is 0.105. The molecule has 6 heteroatoms. The summed E-state index contributed by atoms with van der Waals surface area (Å²) < 4.78 is 27.6. The third-order valence-electron chi connectivity index (χ3n) is 2.13. The van der Waals surface area contributed by atoms with Gasteiger partial charge in [0.1, 0.15) is 0 Å². The van der Waals surface area contributed by atoms with Gasteiger partial charge < -0.3 is 5.73 Å². The molecule has 84 valence electrons. The first-order valence-corrected chi connectivity index (χ1v) is 6.40. The van der Waals surface area contributed by atoms with Crippen LogP contribution in [-0.2, 0) is 10.2 Å². The Hall–Kier alpha value is -0.170. The van der Waals surface area contributed by atoms with Crippen molar-refractivity contribution in [2.24, 2.45) is 5.73 Å². The lowest BCUT2D eigenvalue weighted by atomic mass is 10.4. The Labute approximate surface area is 85.8 Å². The number of nitrogens with zero attached hydrogens (tertiary/aromatic N) is 1. The number of hydrogen-bond acceptors (Lipinski definition) is 3. The predicted octanol–water partition coefficient (Wildman–Crippen LogP) is -0.348. The summed E-state index contributed by atoms with van der Waals surface area (Å²) in [5.41, 5.74) is 5.38.